The Hall–Kier alpha value is -1.10. The van der Waals surface area contributed by atoms with Crippen LogP contribution in [0.25, 0.3) is 0 Å². The third-order valence-corrected chi connectivity index (χ3v) is 3.66. The highest BCUT2D eigenvalue weighted by molar-refractivity contribution is 5.80. The largest absolute Gasteiger partial charge is 0.369 e. The van der Waals surface area contributed by atoms with E-state index in [1.54, 1.807) is 0 Å². The zero-order valence-corrected chi connectivity index (χ0v) is 10.2. The molecule has 17 heavy (non-hydrogen) atoms. The molecule has 5 nitrogen and oxygen atoms in total. The van der Waals surface area contributed by atoms with E-state index in [9.17, 15) is 9.59 Å². The molecule has 1 aliphatic heterocycles. The molecule has 2 rings (SSSR count). The van der Waals surface area contributed by atoms with Gasteiger partial charge in [-0.15, -0.1) is 0 Å². The molecule has 0 spiro atoms. The minimum Gasteiger partial charge on any atom is -0.369 e. The third-order valence-electron chi connectivity index (χ3n) is 3.66. The third kappa shape index (κ3) is 3.70. The standard InChI is InChI=1S/C12H21N3O2/c13-12(17)10-3-5-15(6-4-10)11(16)8-14-7-9-1-2-9/h9-10,14H,1-8H2,(H2,13,17). The van der Waals surface area contributed by atoms with E-state index in [-0.39, 0.29) is 17.7 Å². The maximum Gasteiger partial charge on any atom is 0.236 e. The van der Waals surface area contributed by atoms with E-state index < -0.39 is 0 Å². The molecule has 2 amide bonds. The van der Waals surface area contributed by atoms with Gasteiger partial charge in [-0.1, -0.05) is 0 Å². The van der Waals surface area contributed by atoms with Gasteiger partial charge in [0.1, 0.15) is 0 Å². The number of hydrogen-bond acceptors (Lipinski definition) is 3. The highest BCUT2D eigenvalue weighted by Crippen LogP contribution is 2.27. The van der Waals surface area contributed by atoms with Gasteiger partial charge in [-0.05, 0) is 38.1 Å². The Morgan fingerprint density at radius 1 is 1.18 bits per heavy atom. The lowest BCUT2D eigenvalue weighted by molar-refractivity contribution is -0.134. The molecule has 0 bridgehead atoms. The van der Waals surface area contributed by atoms with E-state index in [1.165, 1.54) is 12.8 Å². The van der Waals surface area contributed by atoms with Crippen LogP contribution in [-0.4, -0.2) is 42.9 Å². The molecule has 0 aromatic rings. The minimum atomic E-state index is -0.232. The van der Waals surface area contributed by atoms with Crippen LogP contribution in [0.15, 0.2) is 0 Å². The Kier molecular flexibility index (Phi) is 3.99. The summed E-state index contributed by atoms with van der Waals surface area (Å²) in [7, 11) is 0. The van der Waals surface area contributed by atoms with Gasteiger partial charge in [-0.2, -0.15) is 0 Å². The van der Waals surface area contributed by atoms with Crippen molar-refractivity contribution < 1.29 is 9.59 Å². The molecular formula is C12H21N3O2. The molecule has 0 aromatic heterocycles. The second kappa shape index (κ2) is 5.49. The van der Waals surface area contributed by atoms with Crippen molar-refractivity contribution in [1.29, 1.82) is 0 Å². The Morgan fingerprint density at radius 2 is 1.82 bits per heavy atom. The zero-order chi connectivity index (χ0) is 12.3. The van der Waals surface area contributed by atoms with Gasteiger partial charge in [0.25, 0.3) is 0 Å². The summed E-state index contributed by atoms with van der Waals surface area (Å²) in [5.41, 5.74) is 5.25. The number of nitrogens with two attached hydrogens (primary N) is 1. The summed E-state index contributed by atoms with van der Waals surface area (Å²) < 4.78 is 0. The first kappa shape index (κ1) is 12.4. The maximum absolute atomic E-state index is 11.8. The number of hydrogen-bond donors (Lipinski definition) is 2. The minimum absolute atomic E-state index is 0.0431. The van der Waals surface area contributed by atoms with Crippen molar-refractivity contribution in [3.8, 4) is 0 Å². The van der Waals surface area contributed by atoms with Gasteiger partial charge < -0.3 is 16.0 Å². The lowest BCUT2D eigenvalue weighted by atomic mass is 9.96. The number of primary amides is 1. The van der Waals surface area contributed by atoms with E-state index in [0.717, 1.165) is 12.5 Å². The summed E-state index contributed by atoms with van der Waals surface area (Å²) in [6.07, 6.45) is 4.02. The first-order valence-electron chi connectivity index (χ1n) is 6.44. The SMILES string of the molecule is NC(=O)C1CCN(C(=O)CNCC2CC2)CC1. The van der Waals surface area contributed by atoms with Crippen molar-refractivity contribution in [3.63, 3.8) is 0 Å². The number of nitrogens with one attached hydrogen (secondary N) is 1. The van der Waals surface area contributed by atoms with Gasteiger partial charge in [0, 0.05) is 19.0 Å². The quantitative estimate of drug-likeness (QED) is 0.692. The normalized spacial score (nSPS) is 21.5. The molecule has 2 aliphatic rings. The molecule has 1 heterocycles. The lowest BCUT2D eigenvalue weighted by Crippen LogP contribution is -2.45. The highest BCUT2D eigenvalue weighted by atomic mass is 16.2. The number of rotatable bonds is 5. The summed E-state index contributed by atoms with van der Waals surface area (Å²) in [6.45, 7) is 2.72. The van der Waals surface area contributed by atoms with E-state index in [0.29, 0.717) is 32.5 Å². The van der Waals surface area contributed by atoms with Gasteiger partial charge in [0.15, 0.2) is 0 Å². The summed E-state index contributed by atoms with van der Waals surface area (Å²) in [5, 5.41) is 3.20. The van der Waals surface area contributed by atoms with Crippen LogP contribution >= 0.6 is 0 Å². The van der Waals surface area contributed by atoms with E-state index in [4.69, 9.17) is 5.73 Å². The van der Waals surface area contributed by atoms with Crippen LogP contribution in [0.1, 0.15) is 25.7 Å². The van der Waals surface area contributed by atoms with Gasteiger partial charge in [0.2, 0.25) is 11.8 Å². The topological polar surface area (TPSA) is 75.4 Å². The van der Waals surface area contributed by atoms with Gasteiger partial charge in [0.05, 0.1) is 6.54 Å². The molecule has 0 radical (unpaired) electrons. The van der Waals surface area contributed by atoms with Crippen molar-refractivity contribution in [2.45, 2.75) is 25.7 Å². The second-order valence-corrected chi connectivity index (χ2v) is 5.13. The number of nitrogens with zero attached hydrogens (tertiary/aromatic N) is 1. The predicted octanol–water partition coefficient (Wildman–Crippen LogP) is -0.290. The first-order valence-corrected chi connectivity index (χ1v) is 6.44. The zero-order valence-electron chi connectivity index (χ0n) is 10.2. The van der Waals surface area contributed by atoms with Crippen molar-refractivity contribution in [3.05, 3.63) is 0 Å². The molecule has 1 aliphatic carbocycles. The molecule has 5 heteroatoms. The molecule has 0 unspecified atom stereocenters. The molecule has 1 saturated heterocycles. The van der Waals surface area contributed by atoms with Gasteiger partial charge in [-0.25, -0.2) is 0 Å². The number of carbonyl (C=O) groups excluding carboxylic acids is 2. The Balaban J connectivity index is 1.64. The van der Waals surface area contributed by atoms with Crippen LogP contribution in [0.2, 0.25) is 0 Å². The summed E-state index contributed by atoms with van der Waals surface area (Å²) >= 11 is 0. The fraction of sp³-hybridized carbons (Fsp3) is 0.833. The van der Waals surface area contributed by atoms with Crippen molar-refractivity contribution in [1.82, 2.24) is 10.2 Å². The number of likely N-dealkylation sites (tertiary alicyclic amines) is 1. The van der Waals surface area contributed by atoms with Crippen LogP contribution < -0.4 is 11.1 Å². The molecule has 0 atom stereocenters. The molecule has 2 fully saturated rings. The van der Waals surface area contributed by atoms with E-state index in [2.05, 4.69) is 5.32 Å². The number of carbonyl (C=O) groups is 2. The fourth-order valence-electron chi connectivity index (χ4n) is 2.23. The lowest BCUT2D eigenvalue weighted by Gasteiger charge is -2.30. The van der Waals surface area contributed by atoms with Crippen LogP contribution in [0.4, 0.5) is 0 Å². The Labute approximate surface area is 102 Å². The highest BCUT2D eigenvalue weighted by Gasteiger charge is 2.26. The van der Waals surface area contributed by atoms with E-state index >= 15 is 0 Å². The average Bonchev–Trinajstić information content (AvgIpc) is 3.13. The Bertz CT molecular complexity index is 294. The molecule has 0 aromatic carbocycles. The fourth-order valence-corrected chi connectivity index (χ4v) is 2.23. The van der Waals surface area contributed by atoms with Crippen LogP contribution in [0.5, 0.6) is 0 Å². The Morgan fingerprint density at radius 3 is 2.35 bits per heavy atom. The van der Waals surface area contributed by atoms with Crippen molar-refractivity contribution >= 4 is 11.8 Å². The maximum atomic E-state index is 11.8. The van der Waals surface area contributed by atoms with Crippen LogP contribution in [0.3, 0.4) is 0 Å². The number of amides is 2. The summed E-state index contributed by atoms with van der Waals surface area (Å²) in [6, 6.07) is 0. The first-order chi connectivity index (χ1) is 8.16. The van der Waals surface area contributed by atoms with Crippen molar-refractivity contribution in [2.75, 3.05) is 26.2 Å². The van der Waals surface area contributed by atoms with Crippen LogP contribution in [0, 0.1) is 11.8 Å². The molecule has 1 saturated carbocycles. The molecular weight excluding hydrogens is 218 g/mol. The monoisotopic (exact) mass is 239 g/mol. The van der Waals surface area contributed by atoms with Crippen molar-refractivity contribution in [2.24, 2.45) is 17.6 Å². The van der Waals surface area contributed by atoms with Gasteiger partial charge in [-0.3, -0.25) is 9.59 Å². The second-order valence-electron chi connectivity index (χ2n) is 5.13. The predicted molar refractivity (Wildman–Crippen MR) is 64.1 cm³/mol. The van der Waals surface area contributed by atoms with Gasteiger partial charge >= 0.3 is 0 Å². The molecule has 3 N–H and O–H groups in total. The number of piperidine rings is 1. The summed E-state index contributed by atoms with van der Waals surface area (Å²) in [4.78, 5) is 24.6. The summed E-state index contributed by atoms with van der Waals surface area (Å²) in [5.74, 6) is 0.666. The van der Waals surface area contributed by atoms with E-state index in [1.807, 2.05) is 4.90 Å². The van der Waals surface area contributed by atoms with Crippen LogP contribution in [-0.2, 0) is 9.59 Å². The average molecular weight is 239 g/mol. The smallest absolute Gasteiger partial charge is 0.236 e. The molecule has 96 valence electrons.